The fourth-order valence-electron chi connectivity index (χ4n) is 3.50. The Labute approximate surface area is 184 Å². The summed E-state index contributed by atoms with van der Waals surface area (Å²) in [6.45, 7) is 2.59. The first-order valence-corrected chi connectivity index (χ1v) is 9.99. The van der Waals surface area contributed by atoms with Gasteiger partial charge in [-0.25, -0.2) is 9.97 Å². The molecule has 10 heteroatoms. The van der Waals surface area contributed by atoms with Crippen LogP contribution in [0.15, 0.2) is 30.6 Å². The Morgan fingerprint density at radius 1 is 1.25 bits per heavy atom. The number of nitrogens with one attached hydrogen (secondary N) is 1. The van der Waals surface area contributed by atoms with Gasteiger partial charge in [-0.15, -0.1) is 0 Å². The predicted molar refractivity (Wildman–Crippen MR) is 117 cm³/mol. The first-order chi connectivity index (χ1) is 15.5. The van der Waals surface area contributed by atoms with Gasteiger partial charge in [0.05, 0.1) is 24.9 Å². The molecular weight excluding hydrogens is 416 g/mol. The summed E-state index contributed by atoms with van der Waals surface area (Å²) < 4.78 is 21.9. The number of ether oxygens (including phenoxy) is 4. The topological polar surface area (TPSA) is 115 Å². The Balaban J connectivity index is 1.79. The molecule has 3 aromatic rings. The van der Waals surface area contributed by atoms with Crippen molar-refractivity contribution >= 4 is 28.4 Å². The Kier molecular flexibility index (Phi) is 6.24. The van der Waals surface area contributed by atoms with E-state index in [0.29, 0.717) is 52.7 Å². The highest BCUT2D eigenvalue weighted by molar-refractivity contribution is 5.94. The van der Waals surface area contributed by atoms with Crippen molar-refractivity contribution in [3.8, 4) is 23.0 Å². The third-order valence-electron chi connectivity index (χ3n) is 4.97. The minimum Gasteiger partial charge on any atom is -0.493 e. The maximum absolute atomic E-state index is 11.5. The standard InChI is InChI=1S/C22H24N4O6/c1-13(28)32-19-8-15-16(9-18(19)29-3)23-11-24-22(15)25-20-14(10-26(2)6-7-27)4-5-17-21(20)31-12-30-17/h4-5,8-9,11,27H,6-7,10,12H2,1-3H3,(H,23,24,25). The minimum atomic E-state index is -0.463. The lowest BCUT2D eigenvalue weighted by Crippen LogP contribution is -2.22. The zero-order valence-corrected chi connectivity index (χ0v) is 18.0. The maximum Gasteiger partial charge on any atom is 0.308 e. The number of likely N-dealkylation sites (N-methyl/N-ethyl adjacent to an activating group) is 1. The van der Waals surface area contributed by atoms with Gasteiger partial charge in [0.15, 0.2) is 23.0 Å². The SMILES string of the molecule is COc1cc2ncnc(Nc3c(CN(C)CCO)ccc4c3OCO4)c2cc1OC(C)=O. The first-order valence-electron chi connectivity index (χ1n) is 9.99. The lowest BCUT2D eigenvalue weighted by Gasteiger charge is -2.20. The van der Waals surface area contributed by atoms with E-state index in [0.717, 1.165) is 5.56 Å². The molecule has 1 aromatic heterocycles. The van der Waals surface area contributed by atoms with Gasteiger partial charge in [0.25, 0.3) is 0 Å². The van der Waals surface area contributed by atoms with Crippen molar-refractivity contribution in [1.82, 2.24) is 14.9 Å². The summed E-state index contributed by atoms with van der Waals surface area (Å²) in [5, 5.41) is 13.2. The van der Waals surface area contributed by atoms with Crippen molar-refractivity contribution in [1.29, 1.82) is 0 Å². The maximum atomic E-state index is 11.5. The number of anilines is 2. The molecule has 4 rings (SSSR count). The molecule has 10 nitrogen and oxygen atoms in total. The van der Waals surface area contributed by atoms with Crippen LogP contribution in [0.3, 0.4) is 0 Å². The molecule has 0 aliphatic carbocycles. The van der Waals surface area contributed by atoms with Crippen LogP contribution >= 0.6 is 0 Å². The Morgan fingerprint density at radius 2 is 2.09 bits per heavy atom. The van der Waals surface area contributed by atoms with Gasteiger partial charge in [-0.3, -0.25) is 9.69 Å². The van der Waals surface area contributed by atoms with Crippen LogP contribution in [0.5, 0.6) is 23.0 Å². The second-order valence-electron chi connectivity index (χ2n) is 7.26. The summed E-state index contributed by atoms with van der Waals surface area (Å²) in [5.74, 6) is 1.91. The number of esters is 1. The fraction of sp³-hybridized carbons (Fsp3) is 0.318. The van der Waals surface area contributed by atoms with Crippen LogP contribution < -0.4 is 24.3 Å². The van der Waals surface area contributed by atoms with Gasteiger partial charge >= 0.3 is 5.97 Å². The molecular formula is C22H24N4O6. The van der Waals surface area contributed by atoms with E-state index < -0.39 is 5.97 Å². The molecule has 2 aromatic carbocycles. The van der Waals surface area contributed by atoms with E-state index in [1.165, 1.54) is 20.4 Å². The van der Waals surface area contributed by atoms with Crippen molar-refractivity contribution in [2.75, 3.05) is 39.4 Å². The Hall–Kier alpha value is -3.63. The molecule has 2 heterocycles. The van der Waals surface area contributed by atoms with Crippen LogP contribution in [-0.2, 0) is 11.3 Å². The fourth-order valence-corrected chi connectivity index (χ4v) is 3.50. The molecule has 0 radical (unpaired) electrons. The van der Waals surface area contributed by atoms with Gasteiger partial charge in [0.1, 0.15) is 12.1 Å². The van der Waals surface area contributed by atoms with Gasteiger partial charge in [0.2, 0.25) is 6.79 Å². The van der Waals surface area contributed by atoms with Gasteiger partial charge in [0, 0.05) is 31.5 Å². The van der Waals surface area contributed by atoms with Crippen LogP contribution in [0.25, 0.3) is 10.9 Å². The average molecular weight is 440 g/mol. The summed E-state index contributed by atoms with van der Waals surface area (Å²) >= 11 is 0. The lowest BCUT2D eigenvalue weighted by atomic mass is 10.1. The quantitative estimate of drug-likeness (QED) is 0.400. The minimum absolute atomic E-state index is 0.0567. The van der Waals surface area contributed by atoms with E-state index >= 15 is 0 Å². The summed E-state index contributed by atoms with van der Waals surface area (Å²) in [6.07, 6.45) is 1.44. The molecule has 168 valence electrons. The smallest absolute Gasteiger partial charge is 0.308 e. The second-order valence-corrected chi connectivity index (χ2v) is 7.26. The average Bonchev–Trinajstić information content (AvgIpc) is 3.24. The van der Waals surface area contributed by atoms with Crippen molar-refractivity contribution < 1.29 is 28.8 Å². The van der Waals surface area contributed by atoms with E-state index in [4.69, 9.17) is 18.9 Å². The molecule has 0 atom stereocenters. The van der Waals surface area contributed by atoms with Crippen molar-refractivity contribution in [2.24, 2.45) is 0 Å². The summed E-state index contributed by atoms with van der Waals surface area (Å²) in [5.41, 5.74) is 2.25. The van der Waals surface area contributed by atoms with Gasteiger partial charge in [-0.2, -0.15) is 0 Å². The molecule has 0 fully saturated rings. The van der Waals surface area contributed by atoms with Crippen LogP contribution in [0, 0.1) is 0 Å². The largest absolute Gasteiger partial charge is 0.493 e. The number of hydrogen-bond donors (Lipinski definition) is 2. The zero-order valence-electron chi connectivity index (χ0n) is 18.0. The van der Waals surface area contributed by atoms with E-state index in [-0.39, 0.29) is 19.1 Å². The summed E-state index contributed by atoms with van der Waals surface area (Å²) in [4.78, 5) is 22.3. The number of benzene rings is 2. The summed E-state index contributed by atoms with van der Waals surface area (Å²) in [7, 11) is 3.41. The predicted octanol–water partition coefficient (Wildman–Crippen LogP) is 2.46. The zero-order chi connectivity index (χ0) is 22.7. The third-order valence-corrected chi connectivity index (χ3v) is 4.97. The van der Waals surface area contributed by atoms with Crippen LogP contribution in [-0.4, -0.2) is 60.0 Å². The van der Waals surface area contributed by atoms with Crippen LogP contribution in [0.1, 0.15) is 12.5 Å². The number of fused-ring (bicyclic) bond motifs is 2. The molecule has 1 aliphatic rings. The Morgan fingerprint density at radius 3 is 2.84 bits per heavy atom. The number of aliphatic hydroxyl groups excluding tert-OH is 1. The Bertz CT molecular complexity index is 1150. The number of nitrogens with zero attached hydrogens (tertiary/aromatic N) is 3. The second kappa shape index (κ2) is 9.25. The number of carbonyl (C=O) groups excluding carboxylic acids is 1. The highest BCUT2D eigenvalue weighted by atomic mass is 16.7. The number of aliphatic hydroxyl groups is 1. The van der Waals surface area contributed by atoms with E-state index in [9.17, 15) is 9.90 Å². The monoisotopic (exact) mass is 440 g/mol. The molecule has 0 saturated heterocycles. The molecule has 32 heavy (non-hydrogen) atoms. The highest BCUT2D eigenvalue weighted by Gasteiger charge is 2.23. The van der Waals surface area contributed by atoms with Crippen LogP contribution in [0.4, 0.5) is 11.5 Å². The van der Waals surface area contributed by atoms with Crippen molar-refractivity contribution in [3.05, 3.63) is 36.2 Å². The highest BCUT2D eigenvalue weighted by Crippen LogP contribution is 2.44. The molecule has 0 bridgehead atoms. The van der Waals surface area contributed by atoms with E-state index in [1.54, 1.807) is 12.1 Å². The normalized spacial score (nSPS) is 12.3. The third kappa shape index (κ3) is 4.36. The molecule has 0 amide bonds. The molecule has 0 saturated carbocycles. The molecule has 0 unspecified atom stereocenters. The number of hydrogen-bond acceptors (Lipinski definition) is 10. The van der Waals surface area contributed by atoms with Crippen LogP contribution in [0.2, 0.25) is 0 Å². The lowest BCUT2D eigenvalue weighted by molar-refractivity contribution is -0.132. The number of methoxy groups -OCH3 is 1. The molecule has 1 aliphatic heterocycles. The number of rotatable bonds is 8. The van der Waals surface area contributed by atoms with E-state index in [1.807, 2.05) is 24.1 Å². The van der Waals surface area contributed by atoms with Crippen molar-refractivity contribution in [2.45, 2.75) is 13.5 Å². The van der Waals surface area contributed by atoms with Crippen molar-refractivity contribution in [3.63, 3.8) is 0 Å². The number of carbonyl (C=O) groups is 1. The first kappa shape index (κ1) is 21.6. The number of aromatic nitrogens is 2. The molecule has 0 spiro atoms. The molecule has 2 N–H and O–H groups in total. The summed E-state index contributed by atoms with van der Waals surface area (Å²) in [6, 6.07) is 7.15. The van der Waals surface area contributed by atoms with Gasteiger partial charge in [-0.05, 0) is 24.7 Å². The van der Waals surface area contributed by atoms with Gasteiger partial charge in [-0.1, -0.05) is 6.07 Å². The van der Waals surface area contributed by atoms with Gasteiger partial charge < -0.3 is 29.4 Å². The van der Waals surface area contributed by atoms with E-state index in [2.05, 4.69) is 15.3 Å².